The zero-order valence-electron chi connectivity index (χ0n) is 13.2. The van der Waals surface area contributed by atoms with Crippen molar-refractivity contribution in [2.45, 2.75) is 32.2 Å². The Morgan fingerprint density at radius 1 is 1.18 bits per heavy atom. The lowest BCUT2D eigenvalue weighted by Gasteiger charge is -2.47. The molecule has 122 valence electrons. The Bertz CT molecular complexity index is 595. The average molecular weight is 323 g/mol. The Hall–Kier alpha value is -0.980. The van der Waals surface area contributed by atoms with Crippen LogP contribution in [0.15, 0.2) is 24.4 Å². The van der Waals surface area contributed by atoms with Crippen LogP contribution in [0.5, 0.6) is 0 Å². The van der Waals surface area contributed by atoms with E-state index in [1.54, 1.807) is 4.31 Å². The van der Waals surface area contributed by atoms with E-state index in [9.17, 15) is 8.42 Å². The summed E-state index contributed by atoms with van der Waals surface area (Å²) in [5, 5.41) is 0. The minimum absolute atomic E-state index is 0.300. The van der Waals surface area contributed by atoms with Gasteiger partial charge in [-0.3, -0.25) is 9.88 Å². The van der Waals surface area contributed by atoms with E-state index in [0.717, 1.165) is 38.2 Å². The molecule has 2 aliphatic heterocycles. The highest BCUT2D eigenvalue weighted by Crippen LogP contribution is 2.40. The summed E-state index contributed by atoms with van der Waals surface area (Å²) in [4.78, 5) is 6.91. The fourth-order valence-corrected chi connectivity index (χ4v) is 4.71. The molecule has 1 spiro atoms. The van der Waals surface area contributed by atoms with Gasteiger partial charge in [-0.05, 0) is 49.8 Å². The van der Waals surface area contributed by atoms with Gasteiger partial charge in [0.1, 0.15) is 0 Å². The molecular weight excluding hydrogens is 298 g/mol. The van der Waals surface area contributed by atoms with Crippen LogP contribution in [-0.2, 0) is 16.6 Å². The van der Waals surface area contributed by atoms with E-state index < -0.39 is 10.0 Å². The molecule has 5 nitrogen and oxygen atoms in total. The van der Waals surface area contributed by atoms with Gasteiger partial charge in [0, 0.05) is 32.4 Å². The SMILES string of the molecule is CS(=O)(=O)N1CCC2(CCCN(Cc3ccccn3)C2)CC1. The summed E-state index contributed by atoms with van der Waals surface area (Å²) in [6.07, 6.45) is 7.56. The molecule has 0 radical (unpaired) electrons. The van der Waals surface area contributed by atoms with Crippen LogP contribution >= 0.6 is 0 Å². The first-order valence-corrected chi connectivity index (χ1v) is 9.89. The third-order valence-electron chi connectivity index (χ3n) is 5.10. The molecule has 0 atom stereocenters. The molecule has 2 aliphatic rings. The number of aromatic nitrogens is 1. The second-order valence-corrected chi connectivity index (χ2v) is 8.78. The van der Waals surface area contributed by atoms with Gasteiger partial charge in [-0.2, -0.15) is 0 Å². The van der Waals surface area contributed by atoms with Crippen LogP contribution in [0.1, 0.15) is 31.4 Å². The molecule has 22 heavy (non-hydrogen) atoms. The molecule has 1 aromatic heterocycles. The van der Waals surface area contributed by atoms with Crippen molar-refractivity contribution >= 4 is 10.0 Å². The summed E-state index contributed by atoms with van der Waals surface area (Å²) in [6.45, 7) is 4.44. The average Bonchev–Trinajstić information content (AvgIpc) is 2.48. The summed E-state index contributed by atoms with van der Waals surface area (Å²) in [5.74, 6) is 0. The molecule has 2 fully saturated rings. The van der Waals surface area contributed by atoms with Gasteiger partial charge in [0.2, 0.25) is 10.0 Å². The maximum atomic E-state index is 11.7. The third-order valence-corrected chi connectivity index (χ3v) is 6.41. The Morgan fingerprint density at radius 2 is 1.95 bits per heavy atom. The predicted octanol–water partition coefficient (Wildman–Crippen LogP) is 1.72. The molecule has 0 aromatic carbocycles. The normalized spacial score (nSPS) is 23.7. The van der Waals surface area contributed by atoms with Gasteiger partial charge in [0.25, 0.3) is 0 Å². The van der Waals surface area contributed by atoms with E-state index >= 15 is 0 Å². The lowest BCUT2D eigenvalue weighted by atomic mass is 9.73. The van der Waals surface area contributed by atoms with Crippen LogP contribution in [0.3, 0.4) is 0 Å². The molecule has 0 aliphatic carbocycles. The summed E-state index contributed by atoms with van der Waals surface area (Å²) in [5.41, 5.74) is 1.42. The number of hydrogen-bond acceptors (Lipinski definition) is 4. The Kier molecular flexibility index (Phi) is 4.52. The number of pyridine rings is 1. The van der Waals surface area contributed by atoms with Crippen molar-refractivity contribution in [3.05, 3.63) is 30.1 Å². The molecular formula is C16H25N3O2S. The van der Waals surface area contributed by atoms with Gasteiger partial charge in [-0.25, -0.2) is 12.7 Å². The van der Waals surface area contributed by atoms with Crippen molar-refractivity contribution in [1.82, 2.24) is 14.2 Å². The highest BCUT2D eigenvalue weighted by Gasteiger charge is 2.39. The standard InChI is InChI=1S/C16H25N3O2S/c1-22(20,21)19-11-7-16(8-12-19)6-4-10-18(14-16)13-15-5-2-3-9-17-15/h2-3,5,9H,4,6-8,10-14H2,1H3. The largest absolute Gasteiger partial charge is 0.297 e. The van der Waals surface area contributed by atoms with Crippen LogP contribution in [0.4, 0.5) is 0 Å². The highest BCUT2D eigenvalue weighted by molar-refractivity contribution is 7.88. The number of likely N-dealkylation sites (tertiary alicyclic amines) is 1. The quantitative estimate of drug-likeness (QED) is 0.850. The topological polar surface area (TPSA) is 53.5 Å². The monoisotopic (exact) mass is 323 g/mol. The van der Waals surface area contributed by atoms with Gasteiger partial charge in [-0.1, -0.05) is 6.07 Å². The Labute approximate surface area is 133 Å². The van der Waals surface area contributed by atoms with Gasteiger partial charge in [0.15, 0.2) is 0 Å². The Morgan fingerprint density at radius 3 is 2.59 bits per heavy atom. The maximum Gasteiger partial charge on any atom is 0.211 e. The van der Waals surface area contributed by atoms with E-state index in [2.05, 4.69) is 16.0 Å². The fraction of sp³-hybridized carbons (Fsp3) is 0.688. The van der Waals surface area contributed by atoms with E-state index in [0.29, 0.717) is 18.5 Å². The van der Waals surface area contributed by atoms with Crippen molar-refractivity contribution < 1.29 is 8.42 Å². The summed E-state index contributed by atoms with van der Waals surface area (Å²) < 4.78 is 25.0. The van der Waals surface area contributed by atoms with Gasteiger partial charge >= 0.3 is 0 Å². The second-order valence-electron chi connectivity index (χ2n) is 6.80. The molecule has 2 saturated heterocycles. The fourth-order valence-electron chi connectivity index (χ4n) is 3.87. The first-order valence-electron chi connectivity index (χ1n) is 8.04. The van der Waals surface area contributed by atoms with E-state index in [4.69, 9.17) is 0 Å². The first kappa shape index (κ1) is 15.9. The molecule has 0 unspecified atom stereocenters. The van der Waals surface area contributed by atoms with Crippen molar-refractivity contribution in [2.75, 3.05) is 32.4 Å². The summed E-state index contributed by atoms with van der Waals surface area (Å²) >= 11 is 0. The number of sulfonamides is 1. The molecule has 6 heteroatoms. The number of hydrogen-bond donors (Lipinski definition) is 0. The highest BCUT2D eigenvalue weighted by atomic mass is 32.2. The van der Waals surface area contributed by atoms with Gasteiger partial charge in [-0.15, -0.1) is 0 Å². The van der Waals surface area contributed by atoms with E-state index in [1.165, 1.54) is 19.1 Å². The smallest absolute Gasteiger partial charge is 0.211 e. The maximum absolute atomic E-state index is 11.7. The molecule has 0 amide bonds. The van der Waals surface area contributed by atoms with E-state index in [-0.39, 0.29) is 0 Å². The molecule has 3 heterocycles. The zero-order valence-corrected chi connectivity index (χ0v) is 14.1. The van der Waals surface area contributed by atoms with Crippen molar-refractivity contribution in [2.24, 2.45) is 5.41 Å². The zero-order chi connectivity index (χ0) is 15.6. The van der Waals surface area contributed by atoms with Crippen molar-refractivity contribution in [3.63, 3.8) is 0 Å². The molecule has 0 N–H and O–H groups in total. The van der Waals surface area contributed by atoms with Gasteiger partial charge < -0.3 is 0 Å². The predicted molar refractivity (Wildman–Crippen MR) is 86.8 cm³/mol. The van der Waals surface area contributed by atoms with Crippen LogP contribution < -0.4 is 0 Å². The third kappa shape index (κ3) is 3.67. The number of nitrogens with zero attached hydrogens (tertiary/aromatic N) is 3. The Balaban J connectivity index is 1.61. The minimum atomic E-state index is -3.03. The first-order chi connectivity index (χ1) is 10.5. The molecule has 0 bridgehead atoms. The van der Waals surface area contributed by atoms with Gasteiger partial charge in [0.05, 0.1) is 11.9 Å². The number of piperidine rings is 2. The molecule has 1 aromatic rings. The van der Waals surface area contributed by atoms with Crippen LogP contribution in [0.25, 0.3) is 0 Å². The molecule has 3 rings (SSSR count). The lowest BCUT2D eigenvalue weighted by Crippen LogP contribution is -2.50. The van der Waals surface area contributed by atoms with Crippen LogP contribution in [-0.4, -0.2) is 55.0 Å². The molecule has 0 saturated carbocycles. The second kappa shape index (κ2) is 6.26. The van der Waals surface area contributed by atoms with Crippen LogP contribution in [0, 0.1) is 5.41 Å². The van der Waals surface area contributed by atoms with E-state index in [1.807, 2.05) is 18.3 Å². The minimum Gasteiger partial charge on any atom is -0.297 e. The van der Waals surface area contributed by atoms with Crippen LogP contribution in [0.2, 0.25) is 0 Å². The van der Waals surface area contributed by atoms with Crippen molar-refractivity contribution in [1.29, 1.82) is 0 Å². The number of rotatable bonds is 3. The summed E-state index contributed by atoms with van der Waals surface area (Å²) in [7, 11) is -3.03. The lowest BCUT2D eigenvalue weighted by molar-refractivity contribution is 0.0388. The summed E-state index contributed by atoms with van der Waals surface area (Å²) in [6, 6.07) is 6.06. The van der Waals surface area contributed by atoms with Crippen molar-refractivity contribution in [3.8, 4) is 0 Å².